The number of benzene rings is 1. The topological polar surface area (TPSA) is 33.7 Å². The second-order valence-corrected chi connectivity index (χ2v) is 4.31. The number of piperazine rings is 1. The minimum atomic E-state index is 0.341. The van der Waals surface area contributed by atoms with Crippen LogP contribution in [0.5, 0.6) is 11.5 Å². The van der Waals surface area contributed by atoms with Crippen LogP contribution < -0.4 is 14.8 Å². The molecule has 0 spiro atoms. The average Bonchev–Trinajstić information content (AvgIpc) is 2.38. The fourth-order valence-corrected chi connectivity index (χ4v) is 2.25. The van der Waals surface area contributed by atoms with Crippen molar-refractivity contribution in [1.82, 2.24) is 10.2 Å². The summed E-state index contributed by atoms with van der Waals surface area (Å²) in [5.41, 5.74) is 1.18. The first-order chi connectivity index (χ1) is 8.26. The number of likely N-dealkylation sites (N-methyl/N-ethyl adjacent to an activating group) is 1. The lowest BCUT2D eigenvalue weighted by molar-refractivity contribution is 0.198. The van der Waals surface area contributed by atoms with Gasteiger partial charge in [-0.25, -0.2) is 0 Å². The Bertz CT molecular complexity index is 382. The minimum Gasteiger partial charge on any atom is -0.497 e. The van der Waals surface area contributed by atoms with Gasteiger partial charge < -0.3 is 14.8 Å². The van der Waals surface area contributed by atoms with Gasteiger partial charge in [0, 0.05) is 25.2 Å². The van der Waals surface area contributed by atoms with Crippen LogP contribution in [0.1, 0.15) is 11.6 Å². The Labute approximate surface area is 103 Å². The van der Waals surface area contributed by atoms with E-state index in [0.29, 0.717) is 6.04 Å². The number of hydrogen-bond donors (Lipinski definition) is 1. The molecular weight excluding hydrogens is 216 g/mol. The van der Waals surface area contributed by atoms with Crippen LogP contribution in [-0.4, -0.2) is 45.8 Å². The second kappa shape index (κ2) is 5.38. The molecule has 0 bridgehead atoms. The van der Waals surface area contributed by atoms with Gasteiger partial charge in [-0.3, -0.25) is 4.90 Å². The van der Waals surface area contributed by atoms with Crippen molar-refractivity contribution in [3.8, 4) is 11.5 Å². The van der Waals surface area contributed by atoms with Crippen molar-refractivity contribution >= 4 is 0 Å². The monoisotopic (exact) mass is 236 g/mol. The van der Waals surface area contributed by atoms with E-state index in [1.54, 1.807) is 14.2 Å². The van der Waals surface area contributed by atoms with Crippen molar-refractivity contribution in [2.45, 2.75) is 6.04 Å². The summed E-state index contributed by atoms with van der Waals surface area (Å²) in [6, 6.07) is 6.30. The predicted molar refractivity (Wildman–Crippen MR) is 67.8 cm³/mol. The van der Waals surface area contributed by atoms with E-state index < -0.39 is 0 Å². The van der Waals surface area contributed by atoms with Crippen molar-refractivity contribution in [2.24, 2.45) is 0 Å². The van der Waals surface area contributed by atoms with Crippen LogP contribution in [0.3, 0.4) is 0 Å². The summed E-state index contributed by atoms with van der Waals surface area (Å²) in [7, 11) is 5.54. The molecule has 1 atom stereocenters. The second-order valence-electron chi connectivity index (χ2n) is 4.31. The molecular formula is C13H20N2O2. The quantitative estimate of drug-likeness (QED) is 0.857. The Morgan fingerprint density at radius 3 is 2.76 bits per heavy atom. The molecule has 0 amide bonds. The lowest BCUT2D eigenvalue weighted by atomic mass is 10.0. The van der Waals surface area contributed by atoms with Crippen LogP contribution >= 0.6 is 0 Å². The highest BCUT2D eigenvalue weighted by Crippen LogP contribution is 2.32. The van der Waals surface area contributed by atoms with Crippen LogP contribution in [0.15, 0.2) is 18.2 Å². The van der Waals surface area contributed by atoms with Crippen molar-refractivity contribution in [3.05, 3.63) is 23.8 Å². The number of methoxy groups -OCH3 is 2. The summed E-state index contributed by atoms with van der Waals surface area (Å²) in [4.78, 5) is 2.34. The summed E-state index contributed by atoms with van der Waals surface area (Å²) in [6.07, 6.45) is 0. The first-order valence-electron chi connectivity index (χ1n) is 5.89. The van der Waals surface area contributed by atoms with Gasteiger partial charge in [0.15, 0.2) is 0 Å². The van der Waals surface area contributed by atoms with Gasteiger partial charge in [-0.2, -0.15) is 0 Å². The van der Waals surface area contributed by atoms with Crippen molar-refractivity contribution in [2.75, 3.05) is 40.9 Å². The summed E-state index contributed by atoms with van der Waals surface area (Å²) in [5, 5.41) is 3.41. The van der Waals surface area contributed by atoms with Gasteiger partial charge in [-0.05, 0) is 25.2 Å². The number of nitrogens with one attached hydrogen (secondary N) is 1. The van der Waals surface area contributed by atoms with E-state index in [9.17, 15) is 0 Å². The standard InChI is InChI=1S/C13H20N2O2/c1-15-7-6-14-9-12(15)11-8-10(16-2)4-5-13(11)17-3/h4-5,8,12,14H,6-7,9H2,1-3H3. The summed E-state index contributed by atoms with van der Waals surface area (Å²) in [5.74, 6) is 1.80. The Morgan fingerprint density at radius 2 is 2.12 bits per heavy atom. The molecule has 1 saturated heterocycles. The Hall–Kier alpha value is -1.26. The van der Waals surface area contributed by atoms with E-state index in [-0.39, 0.29) is 0 Å². The Morgan fingerprint density at radius 1 is 1.29 bits per heavy atom. The lowest BCUT2D eigenvalue weighted by Crippen LogP contribution is -2.43. The number of ether oxygens (including phenoxy) is 2. The number of rotatable bonds is 3. The maximum atomic E-state index is 5.44. The molecule has 0 saturated carbocycles. The molecule has 0 aromatic heterocycles. The van der Waals surface area contributed by atoms with Crippen molar-refractivity contribution < 1.29 is 9.47 Å². The van der Waals surface area contributed by atoms with Gasteiger partial charge in [-0.15, -0.1) is 0 Å². The molecule has 1 N–H and O–H groups in total. The number of nitrogens with zero attached hydrogens (tertiary/aromatic N) is 1. The average molecular weight is 236 g/mol. The smallest absolute Gasteiger partial charge is 0.123 e. The molecule has 1 heterocycles. The largest absolute Gasteiger partial charge is 0.497 e. The van der Waals surface area contributed by atoms with E-state index in [2.05, 4.69) is 23.3 Å². The third-order valence-corrected chi connectivity index (χ3v) is 3.31. The zero-order valence-corrected chi connectivity index (χ0v) is 10.7. The van der Waals surface area contributed by atoms with E-state index >= 15 is 0 Å². The van der Waals surface area contributed by atoms with E-state index in [1.807, 2.05) is 12.1 Å². The molecule has 2 rings (SSSR count). The fourth-order valence-electron chi connectivity index (χ4n) is 2.25. The first kappa shape index (κ1) is 12.2. The first-order valence-corrected chi connectivity index (χ1v) is 5.89. The molecule has 94 valence electrons. The minimum absolute atomic E-state index is 0.341. The Balaban J connectivity index is 2.33. The lowest BCUT2D eigenvalue weighted by Gasteiger charge is -2.34. The molecule has 0 radical (unpaired) electrons. The summed E-state index contributed by atoms with van der Waals surface area (Å²) >= 11 is 0. The van der Waals surface area contributed by atoms with Crippen LogP contribution in [-0.2, 0) is 0 Å². The third-order valence-electron chi connectivity index (χ3n) is 3.31. The number of hydrogen-bond acceptors (Lipinski definition) is 4. The molecule has 17 heavy (non-hydrogen) atoms. The molecule has 1 fully saturated rings. The molecule has 1 aromatic rings. The molecule has 1 aliphatic heterocycles. The SMILES string of the molecule is COc1ccc(OC)c(C2CNCCN2C)c1. The van der Waals surface area contributed by atoms with Gasteiger partial charge in [-0.1, -0.05) is 0 Å². The van der Waals surface area contributed by atoms with Crippen molar-refractivity contribution in [3.63, 3.8) is 0 Å². The highest BCUT2D eigenvalue weighted by molar-refractivity contribution is 5.42. The third kappa shape index (κ3) is 2.53. The summed E-state index contributed by atoms with van der Waals surface area (Å²) in [6.45, 7) is 3.03. The molecule has 4 nitrogen and oxygen atoms in total. The van der Waals surface area contributed by atoms with E-state index in [0.717, 1.165) is 31.1 Å². The maximum Gasteiger partial charge on any atom is 0.123 e. The van der Waals surface area contributed by atoms with Gasteiger partial charge in [0.05, 0.1) is 20.3 Å². The Kier molecular flexibility index (Phi) is 3.86. The van der Waals surface area contributed by atoms with Gasteiger partial charge in [0.1, 0.15) is 11.5 Å². The molecule has 1 aromatic carbocycles. The van der Waals surface area contributed by atoms with Crippen LogP contribution in [0.2, 0.25) is 0 Å². The normalized spacial score (nSPS) is 21.2. The highest BCUT2D eigenvalue weighted by atomic mass is 16.5. The van der Waals surface area contributed by atoms with Crippen LogP contribution in [0.4, 0.5) is 0 Å². The summed E-state index contributed by atoms with van der Waals surface area (Å²) < 4.78 is 10.7. The molecule has 4 heteroatoms. The van der Waals surface area contributed by atoms with Crippen molar-refractivity contribution in [1.29, 1.82) is 0 Å². The van der Waals surface area contributed by atoms with Crippen LogP contribution in [0, 0.1) is 0 Å². The molecule has 1 aliphatic rings. The highest BCUT2D eigenvalue weighted by Gasteiger charge is 2.23. The van der Waals surface area contributed by atoms with E-state index in [4.69, 9.17) is 9.47 Å². The van der Waals surface area contributed by atoms with Gasteiger partial charge >= 0.3 is 0 Å². The zero-order chi connectivity index (χ0) is 12.3. The zero-order valence-electron chi connectivity index (χ0n) is 10.7. The fraction of sp³-hybridized carbons (Fsp3) is 0.538. The van der Waals surface area contributed by atoms with E-state index in [1.165, 1.54) is 5.56 Å². The molecule has 0 aliphatic carbocycles. The van der Waals surface area contributed by atoms with Crippen LogP contribution in [0.25, 0.3) is 0 Å². The predicted octanol–water partition coefficient (Wildman–Crippen LogP) is 1.28. The maximum absolute atomic E-state index is 5.44. The van der Waals surface area contributed by atoms with Gasteiger partial charge in [0.2, 0.25) is 0 Å². The molecule has 1 unspecified atom stereocenters. The van der Waals surface area contributed by atoms with Gasteiger partial charge in [0.25, 0.3) is 0 Å².